The van der Waals surface area contributed by atoms with Gasteiger partial charge in [-0.25, -0.2) is 0 Å². The Morgan fingerprint density at radius 3 is 2.25 bits per heavy atom. The summed E-state index contributed by atoms with van der Waals surface area (Å²) in [7, 11) is 4.10. The van der Waals surface area contributed by atoms with Crippen molar-refractivity contribution in [1.82, 2.24) is 14.9 Å². The summed E-state index contributed by atoms with van der Waals surface area (Å²) in [4.78, 5) is 8.99. The van der Waals surface area contributed by atoms with E-state index in [4.69, 9.17) is 21.9 Å². The highest BCUT2D eigenvalue weighted by Crippen LogP contribution is 2.42. The van der Waals surface area contributed by atoms with Gasteiger partial charge in [-0.05, 0) is 104 Å². The quantitative estimate of drug-likeness (QED) is 0.218. The summed E-state index contributed by atoms with van der Waals surface area (Å²) in [5, 5.41) is 4.22. The number of para-hydroxylation sites is 1. The molecule has 3 aromatic carbocycles. The number of hydrogen-bond donors (Lipinski definition) is 1. The molecule has 2 aromatic heterocycles. The van der Waals surface area contributed by atoms with Gasteiger partial charge in [0.2, 0.25) is 0 Å². The Balaban J connectivity index is 1.39. The lowest BCUT2D eigenvalue weighted by molar-refractivity contribution is 0.479. The van der Waals surface area contributed by atoms with E-state index in [2.05, 4.69) is 80.5 Å². The fourth-order valence-electron chi connectivity index (χ4n) is 5.19. The Morgan fingerprint density at radius 1 is 0.825 bits per heavy atom. The molecule has 6 rings (SSSR count). The molecule has 0 bridgehead atoms. The topological polar surface area (TPSA) is 45.6 Å². The Labute approximate surface area is 240 Å². The number of ether oxygens (including phenoxy) is 1. The molecule has 1 aliphatic heterocycles. The van der Waals surface area contributed by atoms with E-state index >= 15 is 0 Å². The maximum atomic E-state index is 6.16. The predicted molar refractivity (Wildman–Crippen MR) is 166 cm³/mol. The number of benzene rings is 3. The van der Waals surface area contributed by atoms with Gasteiger partial charge in [-0.1, -0.05) is 24.3 Å². The summed E-state index contributed by atoms with van der Waals surface area (Å²) in [6.07, 6.45) is 3.94. The van der Waals surface area contributed by atoms with E-state index in [-0.39, 0.29) is 12.1 Å². The third-order valence-corrected chi connectivity index (χ3v) is 7.58. The maximum Gasteiger partial charge on any atom is 0.174 e. The van der Waals surface area contributed by atoms with Crippen molar-refractivity contribution in [1.29, 1.82) is 0 Å². The summed E-state index contributed by atoms with van der Waals surface area (Å²) in [5.74, 6) is 1.62. The zero-order valence-corrected chi connectivity index (χ0v) is 23.5. The second-order valence-electron chi connectivity index (χ2n) is 10.1. The molecular formula is C33H31N5OS. The molecule has 2 atom stereocenters. The zero-order chi connectivity index (χ0) is 27.6. The van der Waals surface area contributed by atoms with Gasteiger partial charge in [0.1, 0.15) is 17.5 Å². The first-order valence-corrected chi connectivity index (χ1v) is 13.7. The Morgan fingerprint density at radius 2 is 1.55 bits per heavy atom. The van der Waals surface area contributed by atoms with Gasteiger partial charge < -0.3 is 24.4 Å². The minimum atomic E-state index is -0.133. The molecule has 5 aromatic rings. The molecule has 2 unspecified atom stereocenters. The van der Waals surface area contributed by atoms with Crippen LogP contribution in [0, 0.1) is 6.92 Å². The Bertz CT molecular complexity index is 1610. The number of pyridine rings is 1. The van der Waals surface area contributed by atoms with Crippen LogP contribution in [0.5, 0.6) is 11.5 Å². The van der Waals surface area contributed by atoms with E-state index in [1.807, 2.05) is 75.7 Å². The number of nitrogens with one attached hydrogen (secondary N) is 1. The molecule has 7 heteroatoms. The average molecular weight is 546 g/mol. The van der Waals surface area contributed by atoms with E-state index in [1.165, 1.54) is 0 Å². The van der Waals surface area contributed by atoms with Crippen molar-refractivity contribution < 1.29 is 4.74 Å². The number of rotatable bonds is 7. The van der Waals surface area contributed by atoms with Crippen molar-refractivity contribution >= 4 is 28.7 Å². The molecule has 0 aliphatic carbocycles. The van der Waals surface area contributed by atoms with Crippen molar-refractivity contribution in [2.75, 3.05) is 23.9 Å². The summed E-state index contributed by atoms with van der Waals surface area (Å²) in [6.45, 7) is 2.05. The molecule has 1 N–H and O–H groups in total. The first-order chi connectivity index (χ1) is 19.5. The molecule has 0 saturated carbocycles. The zero-order valence-electron chi connectivity index (χ0n) is 22.7. The van der Waals surface area contributed by atoms with Gasteiger partial charge in [-0.3, -0.25) is 4.98 Å². The minimum absolute atomic E-state index is 0.130. The molecule has 40 heavy (non-hydrogen) atoms. The van der Waals surface area contributed by atoms with Crippen LogP contribution in [0.1, 0.15) is 29.0 Å². The predicted octanol–water partition coefficient (Wildman–Crippen LogP) is 7.22. The van der Waals surface area contributed by atoms with Gasteiger partial charge in [0.05, 0.1) is 11.7 Å². The largest absolute Gasteiger partial charge is 0.457 e. The number of thiocarbonyl (C=S) groups is 1. The molecule has 6 nitrogen and oxygen atoms in total. The van der Waals surface area contributed by atoms with Gasteiger partial charge in [0.15, 0.2) is 5.11 Å². The van der Waals surface area contributed by atoms with Crippen LogP contribution in [0.4, 0.5) is 11.4 Å². The van der Waals surface area contributed by atoms with Gasteiger partial charge in [-0.15, -0.1) is 0 Å². The highest BCUT2D eigenvalue weighted by Gasteiger charge is 2.42. The average Bonchev–Trinajstić information content (AvgIpc) is 3.59. The van der Waals surface area contributed by atoms with Crippen LogP contribution in [-0.4, -0.2) is 28.8 Å². The number of hydrogen-bond acceptors (Lipinski definition) is 4. The fourth-order valence-corrected chi connectivity index (χ4v) is 5.53. The molecule has 200 valence electrons. The third-order valence-electron chi connectivity index (χ3n) is 7.26. The number of anilines is 2. The van der Waals surface area contributed by atoms with Gasteiger partial charge in [0.25, 0.3) is 0 Å². The number of aryl methyl sites for hydroxylation is 1. The first-order valence-electron chi connectivity index (χ1n) is 13.3. The van der Waals surface area contributed by atoms with Gasteiger partial charge >= 0.3 is 0 Å². The standard InChI is InChI=1S/C33H31N5OS/c1-23-9-4-5-12-30(23)39-27-19-17-26(18-20-27)38-32(31(35-33(38)40)28-10-6-7-21-34-28)29-11-8-22-37(29)25-15-13-24(14-16-25)36(2)3/h4-22,31-32H,1-3H3,(H,35,40). The van der Waals surface area contributed by atoms with Crippen molar-refractivity contribution in [2.24, 2.45) is 0 Å². The summed E-state index contributed by atoms with van der Waals surface area (Å²) < 4.78 is 8.40. The molecule has 0 amide bonds. The maximum absolute atomic E-state index is 6.16. The minimum Gasteiger partial charge on any atom is -0.457 e. The van der Waals surface area contributed by atoms with E-state index in [9.17, 15) is 0 Å². The van der Waals surface area contributed by atoms with E-state index < -0.39 is 0 Å². The Kier molecular flexibility index (Phi) is 6.97. The SMILES string of the molecule is Cc1ccccc1Oc1ccc(N2C(=S)NC(c3ccccn3)C2c2cccn2-c2ccc(N(C)C)cc2)cc1. The highest BCUT2D eigenvalue weighted by atomic mass is 32.1. The highest BCUT2D eigenvalue weighted by molar-refractivity contribution is 7.80. The molecule has 3 heterocycles. The Hall–Kier alpha value is -4.62. The van der Waals surface area contributed by atoms with Crippen LogP contribution in [0.15, 0.2) is 116 Å². The van der Waals surface area contributed by atoms with Crippen LogP contribution in [0.2, 0.25) is 0 Å². The van der Waals surface area contributed by atoms with Crippen molar-refractivity contribution in [3.05, 3.63) is 132 Å². The third kappa shape index (κ3) is 4.92. The van der Waals surface area contributed by atoms with E-state index in [1.54, 1.807) is 0 Å². The molecule has 0 radical (unpaired) electrons. The first kappa shape index (κ1) is 25.6. The van der Waals surface area contributed by atoms with Crippen molar-refractivity contribution in [3.63, 3.8) is 0 Å². The fraction of sp³-hybridized carbons (Fsp3) is 0.152. The number of nitrogens with zero attached hydrogens (tertiary/aromatic N) is 4. The molecular weight excluding hydrogens is 514 g/mol. The normalized spacial score (nSPS) is 16.6. The van der Waals surface area contributed by atoms with E-state index in [0.717, 1.165) is 45.5 Å². The lowest BCUT2D eigenvalue weighted by atomic mass is 10.0. The molecule has 1 fully saturated rings. The summed E-state index contributed by atoms with van der Waals surface area (Å²) >= 11 is 5.95. The molecule has 0 spiro atoms. The second-order valence-corrected chi connectivity index (χ2v) is 10.5. The van der Waals surface area contributed by atoms with Gasteiger partial charge in [0, 0.05) is 49.2 Å². The van der Waals surface area contributed by atoms with Crippen LogP contribution >= 0.6 is 12.2 Å². The smallest absolute Gasteiger partial charge is 0.174 e. The van der Waals surface area contributed by atoms with E-state index in [0.29, 0.717) is 5.11 Å². The van der Waals surface area contributed by atoms with Crippen LogP contribution in [0.25, 0.3) is 5.69 Å². The lowest BCUT2D eigenvalue weighted by Crippen LogP contribution is -2.30. The summed E-state index contributed by atoms with van der Waals surface area (Å²) in [6, 6.07) is 34.7. The molecule has 1 saturated heterocycles. The van der Waals surface area contributed by atoms with Gasteiger partial charge in [-0.2, -0.15) is 0 Å². The van der Waals surface area contributed by atoms with Crippen molar-refractivity contribution in [3.8, 4) is 17.2 Å². The second kappa shape index (κ2) is 10.9. The van der Waals surface area contributed by atoms with Crippen LogP contribution < -0.4 is 19.9 Å². The van der Waals surface area contributed by atoms with Crippen molar-refractivity contribution in [2.45, 2.75) is 19.0 Å². The van der Waals surface area contributed by atoms with Crippen LogP contribution in [-0.2, 0) is 0 Å². The number of aromatic nitrogens is 2. The monoisotopic (exact) mass is 545 g/mol. The lowest BCUT2D eigenvalue weighted by Gasteiger charge is -2.29. The molecule has 1 aliphatic rings. The van der Waals surface area contributed by atoms with Crippen LogP contribution in [0.3, 0.4) is 0 Å². The summed E-state index contributed by atoms with van der Waals surface area (Å²) in [5.41, 5.74) is 6.36.